The van der Waals surface area contributed by atoms with E-state index in [2.05, 4.69) is 11.4 Å². The third-order valence-electron chi connectivity index (χ3n) is 6.16. The summed E-state index contributed by atoms with van der Waals surface area (Å²) >= 11 is 0. The highest BCUT2D eigenvalue weighted by Crippen LogP contribution is 2.33. The van der Waals surface area contributed by atoms with Gasteiger partial charge in [0, 0.05) is 48.7 Å². The van der Waals surface area contributed by atoms with Gasteiger partial charge in [-0.25, -0.2) is 0 Å². The van der Waals surface area contributed by atoms with E-state index in [-0.39, 0.29) is 11.8 Å². The lowest BCUT2D eigenvalue weighted by Gasteiger charge is -2.31. The van der Waals surface area contributed by atoms with Crippen LogP contribution in [-0.2, 0) is 22.6 Å². The van der Waals surface area contributed by atoms with Crippen LogP contribution in [-0.4, -0.2) is 23.3 Å². The molecule has 5 nitrogen and oxygen atoms in total. The van der Waals surface area contributed by atoms with Crippen LogP contribution in [0.3, 0.4) is 0 Å². The third kappa shape index (κ3) is 4.77. The molecule has 0 spiro atoms. The highest BCUT2D eigenvalue weighted by atomic mass is 16.3. The summed E-state index contributed by atoms with van der Waals surface area (Å²) in [5.41, 5.74) is 2.83. The molecule has 0 saturated heterocycles. The summed E-state index contributed by atoms with van der Waals surface area (Å²) in [6.07, 6.45) is 6.95. The zero-order valence-electron chi connectivity index (χ0n) is 18.1. The standard InChI is InChI=1S/C25H32N2O3/c1-17(2)13-24(28)26-21-10-6-9-19(14-21)23-15-20-16-27(12-11-22(20)30-23)25(29)18-7-4-3-5-8-18/h6,9-10,14-15,17-18H,3-5,7-8,11-13,16H2,1-2H3,(H,26,28). The third-order valence-corrected chi connectivity index (χ3v) is 6.16. The second kappa shape index (κ2) is 9.07. The van der Waals surface area contributed by atoms with Gasteiger partial charge in [-0.1, -0.05) is 45.2 Å². The lowest BCUT2D eigenvalue weighted by atomic mass is 9.88. The van der Waals surface area contributed by atoms with Crippen LogP contribution >= 0.6 is 0 Å². The molecule has 1 fully saturated rings. The molecular formula is C25H32N2O3. The zero-order chi connectivity index (χ0) is 21.1. The number of anilines is 1. The number of carbonyl (C=O) groups is 2. The van der Waals surface area contributed by atoms with E-state index in [0.29, 0.717) is 24.8 Å². The van der Waals surface area contributed by atoms with Crippen LogP contribution in [0.5, 0.6) is 0 Å². The minimum absolute atomic E-state index is 0.0257. The Morgan fingerprint density at radius 2 is 1.97 bits per heavy atom. The fourth-order valence-electron chi connectivity index (χ4n) is 4.60. The number of nitrogens with zero attached hydrogens (tertiary/aromatic N) is 1. The quantitative estimate of drug-likeness (QED) is 0.721. The smallest absolute Gasteiger partial charge is 0.225 e. The first-order valence-corrected chi connectivity index (χ1v) is 11.3. The molecule has 1 saturated carbocycles. The first kappa shape index (κ1) is 20.7. The molecule has 0 unspecified atom stereocenters. The molecular weight excluding hydrogens is 376 g/mol. The summed E-state index contributed by atoms with van der Waals surface area (Å²) in [4.78, 5) is 27.0. The van der Waals surface area contributed by atoms with Gasteiger partial charge in [0.25, 0.3) is 0 Å². The number of hydrogen-bond donors (Lipinski definition) is 1. The predicted molar refractivity (Wildman–Crippen MR) is 118 cm³/mol. The molecule has 0 radical (unpaired) electrons. The van der Waals surface area contributed by atoms with Gasteiger partial charge in [0.2, 0.25) is 11.8 Å². The van der Waals surface area contributed by atoms with Crippen molar-refractivity contribution in [1.82, 2.24) is 4.90 Å². The predicted octanol–water partition coefficient (Wildman–Crippen LogP) is 5.40. The van der Waals surface area contributed by atoms with Gasteiger partial charge in [0.1, 0.15) is 11.5 Å². The number of hydrogen-bond acceptors (Lipinski definition) is 3. The fraction of sp³-hybridized carbons (Fsp3) is 0.520. The maximum absolute atomic E-state index is 12.9. The van der Waals surface area contributed by atoms with Crippen molar-refractivity contribution in [3.05, 3.63) is 41.7 Å². The number of amides is 2. The van der Waals surface area contributed by atoms with Crippen molar-refractivity contribution in [2.45, 2.75) is 65.3 Å². The summed E-state index contributed by atoms with van der Waals surface area (Å²) in [6.45, 7) is 5.44. The summed E-state index contributed by atoms with van der Waals surface area (Å²) in [5.74, 6) is 2.65. The van der Waals surface area contributed by atoms with Gasteiger partial charge < -0.3 is 14.6 Å². The highest BCUT2D eigenvalue weighted by Gasteiger charge is 2.30. The van der Waals surface area contributed by atoms with Gasteiger partial charge in [-0.05, 0) is 37.0 Å². The van der Waals surface area contributed by atoms with Crippen LogP contribution in [0.15, 0.2) is 34.7 Å². The average molecular weight is 409 g/mol. The maximum atomic E-state index is 12.9. The Kier molecular flexibility index (Phi) is 6.26. The number of benzene rings is 1. The van der Waals surface area contributed by atoms with Crippen molar-refractivity contribution in [3.8, 4) is 11.3 Å². The molecule has 30 heavy (non-hydrogen) atoms. The van der Waals surface area contributed by atoms with Crippen molar-refractivity contribution in [1.29, 1.82) is 0 Å². The topological polar surface area (TPSA) is 62.6 Å². The number of carbonyl (C=O) groups excluding carboxylic acids is 2. The van der Waals surface area contributed by atoms with Crippen LogP contribution in [0.1, 0.15) is 63.7 Å². The number of rotatable bonds is 5. The molecule has 160 valence electrons. The van der Waals surface area contributed by atoms with Crippen LogP contribution < -0.4 is 5.32 Å². The van der Waals surface area contributed by atoms with Gasteiger partial charge in [-0.3, -0.25) is 9.59 Å². The normalized spacial score (nSPS) is 17.1. The van der Waals surface area contributed by atoms with E-state index in [4.69, 9.17) is 4.42 Å². The summed E-state index contributed by atoms with van der Waals surface area (Å²) in [7, 11) is 0. The minimum atomic E-state index is 0.0257. The van der Waals surface area contributed by atoms with Gasteiger partial charge in [0.05, 0.1) is 0 Å². The van der Waals surface area contributed by atoms with Crippen molar-refractivity contribution in [3.63, 3.8) is 0 Å². The number of fused-ring (bicyclic) bond motifs is 1. The molecule has 5 heteroatoms. The average Bonchev–Trinajstić information content (AvgIpc) is 3.17. The van der Waals surface area contributed by atoms with E-state index in [9.17, 15) is 9.59 Å². The van der Waals surface area contributed by atoms with E-state index in [0.717, 1.165) is 54.1 Å². The first-order chi connectivity index (χ1) is 14.5. The molecule has 1 aliphatic heterocycles. The Hall–Kier alpha value is -2.56. The Morgan fingerprint density at radius 3 is 2.73 bits per heavy atom. The molecule has 2 amide bonds. The lowest BCUT2D eigenvalue weighted by Crippen LogP contribution is -2.40. The molecule has 1 aromatic heterocycles. The Bertz CT molecular complexity index is 909. The zero-order valence-corrected chi connectivity index (χ0v) is 18.1. The van der Waals surface area contributed by atoms with Crippen molar-refractivity contribution in [2.24, 2.45) is 11.8 Å². The molecule has 2 aliphatic rings. The molecule has 1 aromatic carbocycles. The van der Waals surface area contributed by atoms with E-state index >= 15 is 0 Å². The van der Waals surface area contributed by atoms with Crippen LogP contribution in [0.2, 0.25) is 0 Å². The monoisotopic (exact) mass is 408 g/mol. The summed E-state index contributed by atoms with van der Waals surface area (Å²) in [5, 5.41) is 2.97. The van der Waals surface area contributed by atoms with Gasteiger partial charge >= 0.3 is 0 Å². The van der Waals surface area contributed by atoms with Crippen molar-refractivity contribution in [2.75, 3.05) is 11.9 Å². The molecule has 4 rings (SSSR count). The van der Waals surface area contributed by atoms with Crippen LogP contribution in [0, 0.1) is 11.8 Å². The Balaban J connectivity index is 1.45. The SMILES string of the molecule is CC(C)CC(=O)Nc1cccc(-c2cc3c(o2)CCN(C(=O)C2CCCCC2)C3)c1. The summed E-state index contributed by atoms with van der Waals surface area (Å²) in [6, 6.07) is 9.83. The van der Waals surface area contributed by atoms with Crippen molar-refractivity contribution >= 4 is 17.5 Å². The van der Waals surface area contributed by atoms with Gasteiger partial charge in [-0.15, -0.1) is 0 Å². The van der Waals surface area contributed by atoms with Gasteiger partial charge in [-0.2, -0.15) is 0 Å². The highest BCUT2D eigenvalue weighted by molar-refractivity contribution is 5.91. The van der Waals surface area contributed by atoms with E-state index in [1.165, 1.54) is 19.3 Å². The minimum Gasteiger partial charge on any atom is -0.461 e. The van der Waals surface area contributed by atoms with Crippen molar-refractivity contribution < 1.29 is 14.0 Å². The lowest BCUT2D eigenvalue weighted by molar-refractivity contribution is -0.137. The fourth-order valence-corrected chi connectivity index (χ4v) is 4.60. The van der Waals surface area contributed by atoms with E-state index in [1.54, 1.807) is 0 Å². The second-order valence-corrected chi connectivity index (χ2v) is 9.13. The molecule has 1 aliphatic carbocycles. The Labute approximate surface area is 178 Å². The van der Waals surface area contributed by atoms with Crippen LogP contribution in [0.25, 0.3) is 11.3 Å². The molecule has 2 heterocycles. The number of furan rings is 1. The van der Waals surface area contributed by atoms with E-state index < -0.39 is 0 Å². The number of nitrogens with one attached hydrogen (secondary N) is 1. The Morgan fingerprint density at radius 1 is 1.17 bits per heavy atom. The van der Waals surface area contributed by atoms with E-state index in [1.807, 2.05) is 43.0 Å². The molecule has 1 N–H and O–H groups in total. The second-order valence-electron chi connectivity index (χ2n) is 9.13. The molecule has 0 bridgehead atoms. The van der Waals surface area contributed by atoms with Gasteiger partial charge in [0.15, 0.2) is 0 Å². The molecule has 0 atom stereocenters. The first-order valence-electron chi connectivity index (χ1n) is 11.3. The molecule has 2 aromatic rings. The largest absolute Gasteiger partial charge is 0.461 e. The van der Waals surface area contributed by atoms with Crippen LogP contribution in [0.4, 0.5) is 5.69 Å². The summed E-state index contributed by atoms with van der Waals surface area (Å²) < 4.78 is 6.14. The maximum Gasteiger partial charge on any atom is 0.225 e.